The number of benzene rings is 1. The van der Waals surface area contributed by atoms with Gasteiger partial charge >= 0.3 is 0 Å². The number of rotatable bonds is 1. The minimum atomic E-state index is -0.233. The molecule has 82 valence electrons. The van der Waals surface area contributed by atoms with Crippen LogP contribution in [0, 0.1) is 5.82 Å². The maximum Gasteiger partial charge on any atom is 0.123 e. The summed E-state index contributed by atoms with van der Waals surface area (Å²) in [6.45, 7) is 2.52. The van der Waals surface area contributed by atoms with Crippen molar-refractivity contribution in [1.29, 1.82) is 0 Å². The van der Waals surface area contributed by atoms with Gasteiger partial charge in [-0.1, -0.05) is 5.21 Å². The van der Waals surface area contributed by atoms with Crippen molar-refractivity contribution in [3.63, 3.8) is 0 Å². The fraction of sp³-hybridized carbons (Fsp3) is 0.273. The van der Waals surface area contributed by atoms with Crippen LogP contribution in [-0.2, 0) is 13.1 Å². The molecule has 0 saturated carbocycles. The van der Waals surface area contributed by atoms with Gasteiger partial charge in [0.1, 0.15) is 11.5 Å². The summed E-state index contributed by atoms with van der Waals surface area (Å²) in [7, 11) is 0. The highest BCUT2D eigenvalue weighted by Gasteiger charge is 2.16. The quantitative estimate of drug-likeness (QED) is 0.781. The molecule has 0 amide bonds. The zero-order chi connectivity index (χ0) is 11.0. The zero-order valence-electron chi connectivity index (χ0n) is 8.65. The second kappa shape index (κ2) is 3.68. The maximum atomic E-state index is 12.8. The van der Waals surface area contributed by atoms with Crippen molar-refractivity contribution in [2.45, 2.75) is 13.1 Å². The number of hydrogen-bond donors (Lipinski definition) is 1. The Morgan fingerprint density at radius 2 is 2.06 bits per heavy atom. The van der Waals surface area contributed by atoms with Gasteiger partial charge in [-0.25, -0.2) is 9.07 Å². The summed E-state index contributed by atoms with van der Waals surface area (Å²) in [5.41, 5.74) is 2.82. The molecule has 3 rings (SSSR count). The van der Waals surface area contributed by atoms with Crippen LogP contribution in [0.2, 0.25) is 0 Å². The lowest BCUT2D eigenvalue weighted by Crippen LogP contribution is -2.28. The highest BCUT2D eigenvalue weighted by Crippen LogP contribution is 2.22. The van der Waals surface area contributed by atoms with Crippen molar-refractivity contribution in [3.05, 3.63) is 35.8 Å². The molecule has 1 N–H and O–H groups in total. The van der Waals surface area contributed by atoms with Crippen LogP contribution in [0.5, 0.6) is 0 Å². The van der Waals surface area contributed by atoms with Crippen LogP contribution in [0.25, 0.3) is 11.3 Å². The largest absolute Gasteiger partial charge is 0.309 e. The number of fused-ring (bicyclic) bond motifs is 1. The summed E-state index contributed by atoms with van der Waals surface area (Å²) < 4.78 is 14.7. The van der Waals surface area contributed by atoms with E-state index < -0.39 is 0 Å². The smallest absolute Gasteiger partial charge is 0.123 e. The van der Waals surface area contributed by atoms with Gasteiger partial charge in [0.05, 0.1) is 12.2 Å². The van der Waals surface area contributed by atoms with E-state index in [4.69, 9.17) is 0 Å². The topological polar surface area (TPSA) is 42.7 Å². The van der Waals surface area contributed by atoms with Crippen LogP contribution in [0.15, 0.2) is 24.3 Å². The number of hydrogen-bond acceptors (Lipinski definition) is 3. The first-order chi connectivity index (χ1) is 7.84. The Morgan fingerprint density at radius 1 is 1.25 bits per heavy atom. The molecule has 4 nitrogen and oxygen atoms in total. The Balaban J connectivity index is 2.06. The highest BCUT2D eigenvalue weighted by atomic mass is 19.1. The predicted molar refractivity (Wildman–Crippen MR) is 57.1 cm³/mol. The molecule has 1 aliphatic rings. The van der Waals surface area contributed by atoms with E-state index in [0.29, 0.717) is 0 Å². The predicted octanol–water partition coefficient (Wildman–Crippen LogP) is 1.19. The molecule has 0 spiro atoms. The fourth-order valence-corrected chi connectivity index (χ4v) is 1.91. The first kappa shape index (κ1) is 9.47. The minimum Gasteiger partial charge on any atom is -0.309 e. The summed E-state index contributed by atoms with van der Waals surface area (Å²) in [6.07, 6.45) is 0. The molecule has 0 fully saturated rings. The van der Waals surface area contributed by atoms with Crippen molar-refractivity contribution in [2.24, 2.45) is 0 Å². The second-order valence-corrected chi connectivity index (χ2v) is 3.79. The molecule has 0 atom stereocenters. The Morgan fingerprint density at radius 3 is 2.88 bits per heavy atom. The molecule has 0 saturated heterocycles. The SMILES string of the molecule is Fc1ccc(-c2nnn3c2CNCC3)cc1. The van der Waals surface area contributed by atoms with Crippen molar-refractivity contribution < 1.29 is 4.39 Å². The lowest BCUT2D eigenvalue weighted by atomic mass is 10.1. The minimum absolute atomic E-state index is 0.233. The van der Waals surface area contributed by atoms with Crippen LogP contribution in [0.1, 0.15) is 5.69 Å². The van der Waals surface area contributed by atoms with E-state index in [9.17, 15) is 4.39 Å². The maximum absolute atomic E-state index is 12.8. The number of aromatic nitrogens is 3. The second-order valence-electron chi connectivity index (χ2n) is 3.79. The van der Waals surface area contributed by atoms with E-state index in [1.807, 2.05) is 4.68 Å². The fourth-order valence-electron chi connectivity index (χ4n) is 1.91. The molecular formula is C11H11FN4. The first-order valence-corrected chi connectivity index (χ1v) is 5.23. The van der Waals surface area contributed by atoms with Crippen LogP contribution in [-0.4, -0.2) is 21.5 Å². The summed E-state index contributed by atoms with van der Waals surface area (Å²) in [4.78, 5) is 0. The molecule has 1 aromatic heterocycles. The summed E-state index contributed by atoms with van der Waals surface area (Å²) in [5.74, 6) is -0.233. The standard InChI is InChI=1S/C11H11FN4/c12-9-3-1-8(2-4-9)11-10-7-13-5-6-16(10)15-14-11/h1-4,13H,5-7H2. The van der Waals surface area contributed by atoms with Crippen molar-refractivity contribution in [2.75, 3.05) is 6.54 Å². The van der Waals surface area contributed by atoms with E-state index in [1.165, 1.54) is 12.1 Å². The highest BCUT2D eigenvalue weighted by molar-refractivity contribution is 5.61. The normalized spacial score (nSPS) is 14.8. The van der Waals surface area contributed by atoms with Gasteiger partial charge in [0.15, 0.2) is 0 Å². The Labute approximate surface area is 92.1 Å². The summed E-state index contributed by atoms with van der Waals surface area (Å²) in [5, 5.41) is 11.5. The van der Waals surface area contributed by atoms with Crippen molar-refractivity contribution in [1.82, 2.24) is 20.3 Å². The molecule has 2 heterocycles. The molecular weight excluding hydrogens is 207 g/mol. The summed E-state index contributed by atoms with van der Waals surface area (Å²) >= 11 is 0. The van der Waals surface area contributed by atoms with Crippen LogP contribution in [0.4, 0.5) is 4.39 Å². The Bertz CT molecular complexity index is 503. The van der Waals surface area contributed by atoms with E-state index in [2.05, 4.69) is 15.6 Å². The van der Waals surface area contributed by atoms with E-state index >= 15 is 0 Å². The number of halogens is 1. The number of nitrogens with one attached hydrogen (secondary N) is 1. The molecule has 0 aliphatic carbocycles. The lowest BCUT2D eigenvalue weighted by Gasteiger charge is -2.14. The van der Waals surface area contributed by atoms with Gasteiger partial charge in [-0.15, -0.1) is 5.10 Å². The van der Waals surface area contributed by atoms with Gasteiger partial charge in [-0.3, -0.25) is 0 Å². The molecule has 5 heteroatoms. The molecule has 0 unspecified atom stereocenters. The first-order valence-electron chi connectivity index (χ1n) is 5.23. The van der Waals surface area contributed by atoms with Gasteiger partial charge in [-0.05, 0) is 24.3 Å². The third-order valence-corrected chi connectivity index (χ3v) is 2.75. The third kappa shape index (κ3) is 1.49. The van der Waals surface area contributed by atoms with Gasteiger partial charge in [-0.2, -0.15) is 0 Å². The van der Waals surface area contributed by atoms with Crippen LogP contribution >= 0.6 is 0 Å². The van der Waals surface area contributed by atoms with E-state index in [-0.39, 0.29) is 5.82 Å². The van der Waals surface area contributed by atoms with Crippen LogP contribution in [0.3, 0.4) is 0 Å². The van der Waals surface area contributed by atoms with E-state index in [0.717, 1.165) is 36.6 Å². The molecule has 1 aliphatic heterocycles. The van der Waals surface area contributed by atoms with Gasteiger partial charge in [0.2, 0.25) is 0 Å². The third-order valence-electron chi connectivity index (χ3n) is 2.75. The average Bonchev–Trinajstić information content (AvgIpc) is 2.74. The van der Waals surface area contributed by atoms with Gasteiger partial charge in [0, 0.05) is 18.7 Å². The van der Waals surface area contributed by atoms with Gasteiger partial charge in [0.25, 0.3) is 0 Å². The molecule has 0 radical (unpaired) electrons. The van der Waals surface area contributed by atoms with E-state index in [1.54, 1.807) is 12.1 Å². The van der Waals surface area contributed by atoms with Crippen molar-refractivity contribution in [3.8, 4) is 11.3 Å². The molecule has 1 aromatic carbocycles. The molecule has 0 bridgehead atoms. The van der Waals surface area contributed by atoms with Crippen LogP contribution < -0.4 is 5.32 Å². The zero-order valence-corrected chi connectivity index (χ0v) is 8.65. The van der Waals surface area contributed by atoms with Gasteiger partial charge < -0.3 is 5.32 Å². The Kier molecular flexibility index (Phi) is 2.18. The Hall–Kier alpha value is -1.75. The van der Waals surface area contributed by atoms with Crippen molar-refractivity contribution >= 4 is 0 Å². The monoisotopic (exact) mass is 218 g/mol. The molecule has 2 aromatic rings. The number of nitrogens with zero attached hydrogens (tertiary/aromatic N) is 3. The molecule has 16 heavy (non-hydrogen) atoms. The summed E-state index contributed by atoms with van der Waals surface area (Å²) in [6, 6.07) is 6.35. The lowest BCUT2D eigenvalue weighted by molar-refractivity contribution is 0.468. The average molecular weight is 218 g/mol.